The molecule has 0 spiro atoms. The molecule has 32 heavy (non-hydrogen) atoms. The van der Waals surface area contributed by atoms with Crippen molar-refractivity contribution in [3.63, 3.8) is 0 Å². The van der Waals surface area contributed by atoms with Gasteiger partial charge in [-0.2, -0.15) is 0 Å². The number of hydrogen-bond donors (Lipinski definition) is 1. The first-order chi connectivity index (χ1) is 15.5. The van der Waals surface area contributed by atoms with Gasteiger partial charge in [0.1, 0.15) is 11.6 Å². The van der Waals surface area contributed by atoms with Gasteiger partial charge < -0.3 is 15.1 Å². The molecule has 1 unspecified atom stereocenters. The number of rotatable bonds is 7. The highest BCUT2D eigenvalue weighted by Crippen LogP contribution is 2.28. The topological polar surface area (TPSA) is 64.6 Å². The highest BCUT2D eigenvalue weighted by Gasteiger charge is 2.24. The summed E-state index contributed by atoms with van der Waals surface area (Å²) in [6.07, 6.45) is 4.42. The van der Waals surface area contributed by atoms with E-state index in [4.69, 9.17) is 9.97 Å². The van der Waals surface area contributed by atoms with Gasteiger partial charge in [0.15, 0.2) is 0 Å². The van der Waals surface area contributed by atoms with Crippen molar-refractivity contribution in [3.8, 4) is 0 Å². The molecule has 2 aliphatic rings. The number of benzene rings is 1. The summed E-state index contributed by atoms with van der Waals surface area (Å²) in [5.41, 5.74) is 2.31. The first-order valence-corrected chi connectivity index (χ1v) is 11.8. The first kappa shape index (κ1) is 22.7. The van der Waals surface area contributed by atoms with E-state index >= 15 is 0 Å². The van der Waals surface area contributed by atoms with Crippen LogP contribution in [0.15, 0.2) is 36.4 Å². The third-order valence-corrected chi connectivity index (χ3v) is 6.66. The van der Waals surface area contributed by atoms with Gasteiger partial charge in [-0.3, -0.25) is 9.69 Å². The van der Waals surface area contributed by atoms with Crippen LogP contribution >= 0.6 is 0 Å². The Morgan fingerprint density at radius 1 is 1.09 bits per heavy atom. The Kier molecular flexibility index (Phi) is 7.37. The van der Waals surface area contributed by atoms with E-state index in [0.29, 0.717) is 19.0 Å². The van der Waals surface area contributed by atoms with Gasteiger partial charge in [0.05, 0.1) is 24.8 Å². The SMILES string of the molecule is CN(Cc1cc(N(C)C)nc(C2CCCN2)n1)C(=O)CN1CCC(c2ccccc2)CC1. The van der Waals surface area contributed by atoms with Crippen LogP contribution in [-0.2, 0) is 11.3 Å². The number of carbonyl (C=O) groups excluding carboxylic acids is 1. The molecule has 7 heteroatoms. The quantitative estimate of drug-likeness (QED) is 0.720. The molecule has 0 saturated carbocycles. The molecule has 0 radical (unpaired) electrons. The summed E-state index contributed by atoms with van der Waals surface area (Å²) < 4.78 is 0. The number of nitrogens with zero attached hydrogens (tertiary/aromatic N) is 5. The van der Waals surface area contributed by atoms with Crippen LogP contribution in [-0.4, -0.2) is 73.0 Å². The van der Waals surface area contributed by atoms with Crippen LogP contribution in [0, 0.1) is 0 Å². The summed E-state index contributed by atoms with van der Waals surface area (Å²) in [6, 6.07) is 12.9. The van der Waals surface area contributed by atoms with Crippen LogP contribution in [0.3, 0.4) is 0 Å². The fourth-order valence-electron chi connectivity index (χ4n) is 4.67. The standard InChI is InChI=1S/C25H36N6O/c1-29(2)23-16-21(27-25(28-23)22-10-7-13-26-22)17-30(3)24(32)18-31-14-11-20(12-15-31)19-8-5-4-6-9-19/h4-6,8-9,16,20,22,26H,7,10-15,17-18H2,1-3H3. The summed E-state index contributed by atoms with van der Waals surface area (Å²) in [5.74, 6) is 2.48. The van der Waals surface area contributed by atoms with Gasteiger partial charge in [-0.05, 0) is 56.8 Å². The largest absolute Gasteiger partial charge is 0.363 e. The fourth-order valence-corrected chi connectivity index (χ4v) is 4.67. The van der Waals surface area contributed by atoms with Crippen molar-refractivity contribution in [2.75, 3.05) is 52.2 Å². The molecule has 1 N–H and O–H groups in total. The monoisotopic (exact) mass is 436 g/mol. The van der Waals surface area contributed by atoms with E-state index < -0.39 is 0 Å². The van der Waals surface area contributed by atoms with Crippen molar-refractivity contribution < 1.29 is 4.79 Å². The lowest BCUT2D eigenvalue weighted by molar-refractivity contribution is -0.132. The molecule has 172 valence electrons. The minimum absolute atomic E-state index is 0.147. The number of anilines is 1. The second-order valence-corrected chi connectivity index (χ2v) is 9.33. The Morgan fingerprint density at radius 3 is 2.50 bits per heavy atom. The van der Waals surface area contributed by atoms with Crippen molar-refractivity contribution in [3.05, 3.63) is 53.5 Å². The molecule has 2 fully saturated rings. The lowest BCUT2D eigenvalue weighted by Gasteiger charge is -2.32. The summed E-state index contributed by atoms with van der Waals surface area (Å²) in [5, 5.41) is 3.48. The Bertz CT molecular complexity index is 889. The van der Waals surface area contributed by atoms with E-state index in [2.05, 4.69) is 40.5 Å². The maximum absolute atomic E-state index is 12.9. The average molecular weight is 437 g/mol. The molecule has 2 aliphatic heterocycles. The number of amides is 1. The van der Waals surface area contributed by atoms with Crippen LogP contribution in [0.4, 0.5) is 5.82 Å². The van der Waals surface area contributed by atoms with Gasteiger partial charge in [-0.1, -0.05) is 30.3 Å². The van der Waals surface area contributed by atoms with Gasteiger partial charge in [0, 0.05) is 27.2 Å². The van der Waals surface area contributed by atoms with E-state index in [1.807, 2.05) is 32.1 Å². The molecule has 7 nitrogen and oxygen atoms in total. The first-order valence-electron chi connectivity index (χ1n) is 11.8. The van der Waals surface area contributed by atoms with E-state index in [9.17, 15) is 4.79 Å². The van der Waals surface area contributed by atoms with Gasteiger partial charge in [0.25, 0.3) is 0 Å². The normalized spacial score (nSPS) is 19.8. The van der Waals surface area contributed by atoms with Crippen molar-refractivity contribution in [1.29, 1.82) is 0 Å². The van der Waals surface area contributed by atoms with Crippen LogP contribution in [0.5, 0.6) is 0 Å². The van der Waals surface area contributed by atoms with Gasteiger partial charge in [0.2, 0.25) is 5.91 Å². The third-order valence-electron chi connectivity index (χ3n) is 6.66. The number of carbonyl (C=O) groups is 1. The highest BCUT2D eigenvalue weighted by atomic mass is 16.2. The smallest absolute Gasteiger partial charge is 0.236 e. The molecule has 2 aromatic rings. The Hall–Kier alpha value is -2.51. The highest BCUT2D eigenvalue weighted by molar-refractivity contribution is 5.78. The van der Waals surface area contributed by atoms with Crippen molar-refractivity contribution in [2.24, 2.45) is 0 Å². The number of aromatic nitrogens is 2. The average Bonchev–Trinajstić information content (AvgIpc) is 3.35. The van der Waals surface area contributed by atoms with Crippen LogP contribution in [0.25, 0.3) is 0 Å². The zero-order valence-electron chi connectivity index (χ0n) is 19.6. The summed E-state index contributed by atoms with van der Waals surface area (Å²) in [4.78, 5) is 28.6. The lowest BCUT2D eigenvalue weighted by atomic mass is 9.89. The number of hydrogen-bond acceptors (Lipinski definition) is 6. The predicted molar refractivity (Wildman–Crippen MR) is 128 cm³/mol. The van der Waals surface area contributed by atoms with Crippen molar-refractivity contribution >= 4 is 11.7 Å². The van der Waals surface area contributed by atoms with E-state index in [-0.39, 0.29) is 11.9 Å². The minimum atomic E-state index is 0.147. The number of likely N-dealkylation sites (tertiary alicyclic amines) is 1. The van der Waals surface area contributed by atoms with Crippen LogP contribution in [0.2, 0.25) is 0 Å². The van der Waals surface area contributed by atoms with Gasteiger partial charge in [-0.25, -0.2) is 9.97 Å². The molecule has 1 aromatic carbocycles. The maximum atomic E-state index is 12.9. The molecular weight excluding hydrogens is 400 g/mol. The molecule has 0 bridgehead atoms. The Balaban J connectivity index is 1.33. The molecular formula is C25H36N6O. The van der Waals surface area contributed by atoms with Crippen LogP contribution in [0.1, 0.15) is 54.7 Å². The molecule has 2 saturated heterocycles. The number of likely N-dealkylation sites (N-methyl/N-ethyl adjacent to an activating group) is 1. The van der Waals surface area contributed by atoms with Gasteiger partial charge >= 0.3 is 0 Å². The molecule has 4 rings (SSSR count). The van der Waals surface area contributed by atoms with Crippen molar-refractivity contribution in [2.45, 2.75) is 44.2 Å². The fraction of sp³-hybridized carbons (Fsp3) is 0.560. The summed E-state index contributed by atoms with van der Waals surface area (Å²) >= 11 is 0. The molecule has 1 aromatic heterocycles. The zero-order valence-corrected chi connectivity index (χ0v) is 19.6. The zero-order chi connectivity index (χ0) is 22.5. The molecule has 3 heterocycles. The maximum Gasteiger partial charge on any atom is 0.236 e. The lowest BCUT2D eigenvalue weighted by Crippen LogP contribution is -2.41. The van der Waals surface area contributed by atoms with Crippen LogP contribution < -0.4 is 10.2 Å². The van der Waals surface area contributed by atoms with Gasteiger partial charge in [-0.15, -0.1) is 0 Å². The molecule has 0 aliphatic carbocycles. The Labute approximate surface area is 191 Å². The van der Waals surface area contributed by atoms with E-state index in [0.717, 1.165) is 62.7 Å². The predicted octanol–water partition coefficient (Wildman–Crippen LogP) is 2.81. The van der Waals surface area contributed by atoms with E-state index in [1.54, 1.807) is 4.90 Å². The number of nitrogens with one attached hydrogen (secondary N) is 1. The third kappa shape index (κ3) is 5.64. The Morgan fingerprint density at radius 2 is 1.84 bits per heavy atom. The molecule has 1 atom stereocenters. The van der Waals surface area contributed by atoms with E-state index in [1.165, 1.54) is 5.56 Å². The second-order valence-electron chi connectivity index (χ2n) is 9.33. The summed E-state index contributed by atoms with van der Waals surface area (Å²) in [7, 11) is 5.86. The molecule has 1 amide bonds. The minimum Gasteiger partial charge on any atom is -0.363 e. The summed E-state index contributed by atoms with van der Waals surface area (Å²) in [6.45, 7) is 3.92. The van der Waals surface area contributed by atoms with Crippen molar-refractivity contribution in [1.82, 2.24) is 25.1 Å². The second kappa shape index (κ2) is 10.4. The number of piperidine rings is 1.